The summed E-state index contributed by atoms with van der Waals surface area (Å²) in [5.41, 5.74) is 1.36. The van der Waals surface area contributed by atoms with Crippen LogP contribution in [0.25, 0.3) is 0 Å². The monoisotopic (exact) mass is 247 g/mol. The summed E-state index contributed by atoms with van der Waals surface area (Å²) in [4.78, 5) is 25.3. The molecule has 1 saturated heterocycles. The molecule has 94 valence electrons. The van der Waals surface area contributed by atoms with Crippen LogP contribution in [0.1, 0.15) is 51.8 Å². The Balaban J connectivity index is 2.04. The average Bonchev–Trinajstić information content (AvgIpc) is 2.72. The molecule has 0 radical (unpaired) electrons. The number of fused-ring (bicyclic) bond motifs is 3. The molecule has 6 heteroatoms. The van der Waals surface area contributed by atoms with E-state index in [2.05, 4.69) is 14.9 Å². The Bertz CT molecular complexity index is 529. The fourth-order valence-corrected chi connectivity index (χ4v) is 2.66. The van der Waals surface area contributed by atoms with Gasteiger partial charge in [-0.25, -0.2) is 4.79 Å². The van der Waals surface area contributed by atoms with Crippen LogP contribution in [0.5, 0.6) is 0 Å². The van der Waals surface area contributed by atoms with Gasteiger partial charge in [-0.3, -0.25) is 4.79 Å². The van der Waals surface area contributed by atoms with Gasteiger partial charge in [-0.2, -0.15) is 0 Å². The molecule has 3 heterocycles. The molecule has 1 fully saturated rings. The van der Waals surface area contributed by atoms with E-state index in [4.69, 9.17) is 0 Å². The number of piperidine rings is 1. The van der Waals surface area contributed by atoms with Crippen molar-refractivity contribution in [1.29, 1.82) is 0 Å². The van der Waals surface area contributed by atoms with Crippen molar-refractivity contribution in [2.75, 3.05) is 13.7 Å². The van der Waals surface area contributed by atoms with E-state index in [9.17, 15) is 9.59 Å². The first-order valence-electron chi connectivity index (χ1n) is 5.99. The van der Waals surface area contributed by atoms with Crippen molar-refractivity contribution in [2.24, 2.45) is 0 Å². The lowest BCUT2D eigenvalue weighted by Crippen LogP contribution is -2.32. The molecule has 3 rings (SSSR count). The second-order valence-corrected chi connectivity index (χ2v) is 4.54. The van der Waals surface area contributed by atoms with Gasteiger partial charge in [0.1, 0.15) is 0 Å². The van der Waals surface area contributed by atoms with Crippen LogP contribution < -0.4 is 0 Å². The molecule has 1 atom stereocenters. The molecule has 0 saturated carbocycles. The number of amides is 1. The maximum absolute atomic E-state index is 12.1. The van der Waals surface area contributed by atoms with Crippen LogP contribution in [0.4, 0.5) is 0 Å². The molecular formula is C12H13N3O3. The number of methoxy groups -OCH3 is 1. The minimum Gasteiger partial charge on any atom is -0.464 e. The fraction of sp³-hybridized carbons (Fsp3) is 0.500. The highest BCUT2D eigenvalue weighted by Crippen LogP contribution is 2.38. The van der Waals surface area contributed by atoms with E-state index in [0.717, 1.165) is 31.4 Å². The van der Waals surface area contributed by atoms with Gasteiger partial charge in [0, 0.05) is 12.1 Å². The smallest absolute Gasteiger partial charge is 0.358 e. The van der Waals surface area contributed by atoms with E-state index in [1.807, 2.05) is 4.90 Å². The Morgan fingerprint density at radius 2 is 2.28 bits per heavy atom. The SMILES string of the molecule is COC(=O)c1cc2c(nn1)C(=O)N1CCCC[C@@H]21. The van der Waals surface area contributed by atoms with E-state index in [1.54, 1.807) is 6.07 Å². The fourth-order valence-electron chi connectivity index (χ4n) is 2.66. The Morgan fingerprint density at radius 1 is 1.44 bits per heavy atom. The molecule has 6 nitrogen and oxygen atoms in total. The van der Waals surface area contributed by atoms with Crippen LogP contribution in [0.3, 0.4) is 0 Å². The van der Waals surface area contributed by atoms with Crippen molar-refractivity contribution in [3.8, 4) is 0 Å². The normalized spacial score (nSPS) is 21.5. The molecule has 2 aliphatic rings. The summed E-state index contributed by atoms with van der Waals surface area (Å²) >= 11 is 0. The number of nitrogens with zero attached hydrogens (tertiary/aromatic N) is 3. The van der Waals surface area contributed by atoms with Crippen LogP contribution in [-0.2, 0) is 4.74 Å². The van der Waals surface area contributed by atoms with Gasteiger partial charge in [0.25, 0.3) is 5.91 Å². The van der Waals surface area contributed by atoms with Gasteiger partial charge in [-0.05, 0) is 25.3 Å². The Kier molecular flexibility index (Phi) is 2.50. The van der Waals surface area contributed by atoms with Crippen LogP contribution >= 0.6 is 0 Å². The summed E-state index contributed by atoms with van der Waals surface area (Å²) in [7, 11) is 1.30. The van der Waals surface area contributed by atoms with Crippen molar-refractivity contribution in [3.63, 3.8) is 0 Å². The first kappa shape index (κ1) is 11.1. The van der Waals surface area contributed by atoms with Gasteiger partial charge in [0.2, 0.25) is 0 Å². The number of esters is 1. The summed E-state index contributed by atoms with van der Waals surface area (Å²) < 4.78 is 4.62. The third-order valence-electron chi connectivity index (χ3n) is 3.54. The zero-order valence-corrected chi connectivity index (χ0v) is 10.0. The van der Waals surface area contributed by atoms with Crippen molar-refractivity contribution in [3.05, 3.63) is 23.0 Å². The second-order valence-electron chi connectivity index (χ2n) is 4.54. The highest BCUT2D eigenvalue weighted by atomic mass is 16.5. The summed E-state index contributed by atoms with van der Waals surface area (Å²) in [6.07, 6.45) is 3.03. The van der Waals surface area contributed by atoms with Gasteiger partial charge < -0.3 is 9.64 Å². The van der Waals surface area contributed by atoms with Gasteiger partial charge in [0.05, 0.1) is 13.2 Å². The Labute approximate surface area is 104 Å². The standard InChI is InChI=1S/C12H13N3O3/c1-18-12(17)8-6-7-9-4-2-3-5-15(9)11(16)10(7)14-13-8/h6,9H,2-5H2,1H3/t9-/m0/s1. The van der Waals surface area contributed by atoms with E-state index in [1.165, 1.54) is 7.11 Å². The molecule has 0 unspecified atom stereocenters. The number of aromatic nitrogens is 2. The maximum Gasteiger partial charge on any atom is 0.358 e. The van der Waals surface area contributed by atoms with E-state index < -0.39 is 5.97 Å². The predicted octanol–water partition coefficient (Wildman–Crippen LogP) is 0.944. The second kappa shape index (κ2) is 4.04. The lowest BCUT2D eigenvalue weighted by molar-refractivity contribution is 0.0591. The summed E-state index contributed by atoms with van der Waals surface area (Å²) in [5, 5.41) is 7.65. The minimum atomic E-state index is -0.521. The molecule has 2 aliphatic heterocycles. The maximum atomic E-state index is 12.1. The summed E-state index contributed by atoms with van der Waals surface area (Å²) in [5.74, 6) is -0.592. The summed E-state index contributed by atoms with van der Waals surface area (Å²) in [6.45, 7) is 0.757. The first-order chi connectivity index (χ1) is 8.72. The molecule has 0 spiro atoms. The molecule has 1 aromatic heterocycles. The largest absolute Gasteiger partial charge is 0.464 e. The van der Waals surface area contributed by atoms with E-state index in [0.29, 0.717) is 5.69 Å². The topological polar surface area (TPSA) is 72.4 Å². The molecule has 0 aromatic carbocycles. The quantitative estimate of drug-likeness (QED) is 0.691. The van der Waals surface area contributed by atoms with Gasteiger partial charge in [-0.15, -0.1) is 10.2 Å². The Hall–Kier alpha value is -1.98. The number of carbonyl (C=O) groups is 2. The van der Waals surface area contributed by atoms with Gasteiger partial charge >= 0.3 is 5.97 Å². The van der Waals surface area contributed by atoms with Crippen molar-refractivity contribution in [1.82, 2.24) is 15.1 Å². The molecule has 1 aromatic rings. The van der Waals surface area contributed by atoms with Crippen LogP contribution in [0, 0.1) is 0 Å². The lowest BCUT2D eigenvalue weighted by atomic mass is 9.99. The Morgan fingerprint density at radius 3 is 3.06 bits per heavy atom. The molecular weight excluding hydrogens is 234 g/mol. The number of hydrogen-bond donors (Lipinski definition) is 0. The highest BCUT2D eigenvalue weighted by molar-refractivity contribution is 5.98. The van der Waals surface area contributed by atoms with Crippen LogP contribution in [0.15, 0.2) is 6.07 Å². The average molecular weight is 247 g/mol. The molecule has 18 heavy (non-hydrogen) atoms. The zero-order chi connectivity index (χ0) is 12.7. The number of ether oxygens (including phenoxy) is 1. The number of carbonyl (C=O) groups excluding carboxylic acids is 2. The molecule has 0 bridgehead atoms. The number of rotatable bonds is 1. The van der Waals surface area contributed by atoms with Crippen molar-refractivity contribution < 1.29 is 14.3 Å². The number of hydrogen-bond acceptors (Lipinski definition) is 5. The zero-order valence-electron chi connectivity index (χ0n) is 10.0. The third kappa shape index (κ3) is 1.48. The van der Waals surface area contributed by atoms with Crippen molar-refractivity contribution >= 4 is 11.9 Å². The van der Waals surface area contributed by atoms with Crippen LogP contribution in [-0.4, -0.2) is 40.6 Å². The minimum absolute atomic E-state index is 0.0557. The van der Waals surface area contributed by atoms with Gasteiger partial charge in [-0.1, -0.05) is 0 Å². The molecule has 1 amide bonds. The third-order valence-corrected chi connectivity index (χ3v) is 3.54. The van der Waals surface area contributed by atoms with E-state index >= 15 is 0 Å². The van der Waals surface area contributed by atoms with E-state index in [-0.39, 0.29) is 17.6 Å². The first-order valence-corrected chi connectivity index (χ1v) is 5.99. The summed E-state index contributed by atoms with van der Waals surface area (Å²) in [6, 6.07) is 1.70. The van der Waals surface area contributed by atoms with Crippen LogP contribution in [0.2, 0.25) is 0 Å². The molecule has 0 N–H and O–H groups in total. The lowest BCUT2D eigenvalue weighted by Gasteiger charge is -2.29. The van der Waals surface area contributed by atoms with Gasteiger partial charge in [0.15, 0.2) is 11.4 Å². The molecule has 0 aliphatic carbocycles. The predicted molar refractivity (Wildman–Crippen MR) is 61.0 cm³/mol. The highest BCUT2D eigenvalue weighted by Gasteiger charge is 2.40. The van der Waals surface area contributed by atoms with Crippen molar-refractivity contribution in [2.45, 2.75) is 25.3 Å².